The van der Waals surface area contributed by atoms with E-state index in [0.29, 0.717) is 12.0 Å². The maximum atomic E-state index is 13.6. The third-order valence-electron chi connectivity index (χ3n) is 3.60. The van der Waals surface area contributed by atoms with E-state index in [1.165, 1.54) is 0 Å². The molecule has 1 rings (SSSR count). The van der Waals surface area contributed by atoms with Crippen molar-refractivity contribution in [2.75, 3.05) is 6.54 Å². The Labute approximate surface area is 123 Å². The monoisotopic (exact) mass is 300 g/mol. The van der Waals surface area contributed by atoms with Crippen molar-refractivity contribution < 1.29 is 13.7 Å². The first-order chi connectivity index (χ1) is 9.99. The van der Waals surface area contributed by atoms with Crippen LogP contribution in [0.15, 0.2) is 12.1 Å². The van der Waals surface area contributed by atoms with Crippen LogP contribution in [0.4, 0.5) is 14.5 Å². The van der Waals surface area contributed by atoms with E-state index >= 15 is 0 Å². The molecule has 0 heterocycles. The smallest absolute Gasteiger partial charge is 0.305 e. The Hall–Kier alpha value is -1.56. The fourth-order valence-corrected chi connectivity index (χ4v) is 2.21. The number of unbranched alkanes of at least 4 members (excludes halogenated alkanes) is 1. The Morgan fingerprint density at radius 3 is 2.57 bits per heavy atom. The zero-order valence-electron chi connectivity index (χ0n) is 12.5. The van der Waals surface area contributed by atoms with E-state index < -0.39 is 22.2 Å². The van der Waals surface area contributed by atoms with Gasteiger partial charge in [0.1, 0.15) is 5.82 Å². The molecule has 0 fully saturated rings. The van der Waals surface area contributed by atoms with E-state index in [2.05, 4.69) is 19.2 Å². The molecule has 0 bridgehead atoms. The first-order valence-corrected chi connectivity index (χ1v) is 7.32. The molecule has 1 N–H and O–H groups in total. The molecule has 1 atom stereocenters. The lowest BCUT2D eigenvalue weighted by molar-refractivity contribution is -0.387. The lowest BCUT2D eigenvalue weighted by Crippen LogP contribution is -2.22. The maximum absolute atomic E-state index is 13.6. The Kier molecular flexibility index (Phi) is 7.22. The Bertz CT molecular complexity index is 481. The van der Waals surface area contributed by atoms with Crippen LogP contribution in [0.2, 0.25) is 0 Å². The van der Waals surface area contributed by atoms with Gasteiger partial charge in [-0.25, -0.2) is 4.39 Å². The van der Waals surface area contributed by atoms with Gasteiger partial charge in [0, 0.05) is 24.2 Å². The van der Waals surface area contributed by atoms with Gasteiger partial charge in [-0.2, -0.15) is 4.39 Å². The number of nitro benzene ring substituents is 1. The number of hydrogen-bond donors (Lipinski definition) is 1. The molecule has 1 aromatic rings. The molecule has 0 saturated heterocycles. The predicted octanol–water partition coefficient (Wildman–Crippen LogP) is 4.18. The van der Waals surface area contributed by atoms with Crippen LogP contribution < -0.4 is 5.32 Å². The fraction of sp³-hybridized carbons (Fsp3) is 0.600. The maximum Gasteiger partial charge on any atom is 0.305 e. The molecule has 0 amide bonds. The normalized spacial score (nSPS) is 12.4. The summed E-state index contributed by atoms with van der Waals surface area (Å²) in [5.41, 5.74) is -0.570. The van der Waals surface area contributed by atoms with Gasteiger partial charge in [-0.05, 0) is 18.9 Å². The van der Waals surface area contributed by atoms with Crippen molar-refractivity contribution in [3.05, 3.63) is 39.4 Å². The van der Waals surface area contributed by atoms with Crippen LogP contribution in [-0.4, -0.2) is 11.5 Å². The minimum atomic E-state index is -1.14. The summed E-state index contributed by atoms with van der Waals surface area (Å²) in [4.78, 5) is 9.82. The van der Waals surface area contributed by atoms with E-state index in [0.717, 1.165) is 38.3 Å². The van der Waals surface area contributed by atoms with Crippen molar-refractivity contribution in [2.45, 2.75) is 46.1 Å². The molecule has 0 aliphatic carbocycles. The van der Waals surface area contributed by atoms with Gasteiger partial charge >= 0.3 is 5.69 Å². The average Bonchev–Trinajstić information content (AvgIpc) is 2.44. The largest absolute Gasteiger partial charge is 0.312 e. The first kappa shape index (κ1) is 17.5. The molecule has 118 valence electrons. The Morgan fingerprint density at radius 2 is 2.00 bits per heavy atom. The molecule has 21 heavy (non-hydrogen) atoms. The van der Waals surface area contributed by atoms with Crippen molar-refractivity contribution in [2.24, 2.45) is 5.92 Å². The molecular formula is C15H22F2N2O2. The van der Waals surface area contributed by atoms with Gasteiger partial charge < -0.3 is 5.32 Å². The molecule has 0 radical (unpaired) electrons. The first-order valence-electron chi connectivity index (χ1n) is 7.32. The SMILES string of the molecule is CCCCC(CC)CNCc1cc([N+](=O)[O-])c(F)cc1F. The van der Waals surface area contributed by atoms with E-state index in [4.69, 9.17) is 0 Å². The van der Waals surface area contributed by atoms with Crippen LogP contribution in [0.1, 0.15) is 45.1 Å². The highest BCUT2D eigenvalue weighted by atomic mass is 19.1. The minimum Gasteiger partial charge on any atom is -0.312 e. The summed E-state index contributed by atoms with van der Waals surface area (Å²) < 4.78 is 26.8. The van der Waals surface area contributed by atoms with Gasteiger partial charge in [0.05, 0.1) is 4.92 Å². The van der Waals surface area contributed by atoms with E-state index in [1.54, 1.807) is 0 Å². The van der Waals surface area contributed by atoms with Crippen molar-refractivity contribution in [1.29, 1.82) is 0 Å². The summed E-state index contributed by atoms with van der Waals surface area (Å²) >= 11 is 0. The Balaban J connectivity index is 2.62. The van der Waals surface area contributed by atoms with Crippen LogP contribution in [0.25, 0.3) is 0 Å². The molecule has 0 spiro atoms. The molecule has 1 aromatic carbocycles. The molecule has 0 aliphatic rings. The van der Waals surface area contributed by atoms with Gasteiger partial charge in [-0.15, -0.1) is 0 Å². The number of benzene rings is 1. The lowest BCUT2D eigenvalue weighted by Gasteiger charge is -2.15. The Morgan fingerprint density at radius 1 is 1.29 bits per heavy atom. The summed E-state index contributed by atoms with van der Waals surface area (Å²) in [5, 5.41) is 13.8. The molecule has 1 unspecified atom stereocenters. The average molecular weight is 300 g/mol. The van der Waals surface area contributed by atoms with Crippen LogP contribution in [-0.2, 0) is 6.54 Å². The molecule has 0 aliphatic heterocycles. The number of hydrogen-bond acceptors (Lipinski definition) is 3. The summed E-state index contributed by atoms with van der Waals surface area (Å²) in [6, 6.07) is 1.54. The van der Waals surface area contributed by atoms with Crippen molar-refractivity contribution in [3.63, 3.8) is 0 Å². The zero-order chi connectivity index (χ0) is 15.8. The number of rotatable bonds is 9. The molecular weight excluding hydrogens is 278 g/mol. The van der Waals surface area contributed by atoms with Crippen molar-refractivity contribution >= 4 is 5.69 Å². The van der Waals surface area contributed by atoms with E-state index in [1.807, 2.05) is 0 Å². The second-order valence-electron chi connectivity index (χ2n) is 5.20. The topological polar surface area (TPSA) is 55.2 Å². The third kappa shape index (κ3) is 5.38. The molecule has 6 heteroatoms. The van der Waals surface area contributed by atoms with E-state index in [-0.39, 0.29) is 12.1 Å². The quantitative estimate of drug-likeness (QED) is 0.550. The summed E-state index contributed by atoms with van der Waals surface area (Å²) in [5.74, 6) is -1.40. The highest BCUT2D eigenvalue weighted by Gasteiger charge is 2.18. The highest BCUT2D eigenvalue weighted by molar-refractivity contribution is 5.37. The van der Waals surface area contributed by atoms with Crippen LogP contribution in [0, 0.1) is 27.7 Å². The van der Waals surface area contributed by atoms with Crippen molar-refractivity contribution in [1.82, 2.24) is 5.32 Å². The number of nitro groups is 1. The minimum absolute atomic E-state index is 0.119. The van der Waals surface area contributed by atoms with Crippen LogP contribution in [0.5, 0.6) is 0 Å². The molecule has 4 nitrogen and oxygen atoms in total. The van der Waals surface area contributed by atoms with Gasteiger partial charge in [-0.1, -0.05) is 33.1 Å². The third-order valence-corrected chi connectivity index (χ3v) is 3.60. The van der Waals surface area contributed by atoms with Crippen LogP contribution in [0.3, 0.4) is 0 Å². The summed E-state index contributed by atoms with van der Waals surface area (Å²) in [7, 11) is 0. The second kappa shape index (κ2) is 8.67. The number of nitrogens with one attached hydrogen (secondary N) is 1. The fourth-order valence-electron chi connectivity index (χ4n) is 2.21. The van der Waals surface area contributed by atoms with E-state index in [9.17, 15) is 18.9 Å². The lowest BCUT2D eigenvalue weighted by atomic mass is 9.99. The highest BCUT2D eigenvalue weighted by Crippen LogP contribution is 2.21. The summed E-state index contributed by atoms with van der Waals surface area (Å²) in [6.07, 6.45) is 4.41. The van der Waals surface area contributed by atoms with Crippen LogP contribution >= 0.6 is 0 Å². The number of halogens is 2. The molecule has 0 saturated carbocycles. The zero-order valence-corrected chi connectivity index (χ0v) is 12.5. The van der Waals surface area contributed by atoms with Crippen molar-refractivity contribution in [3.8, 4) is 0 Å². The van der Waals surface area contributed by atoms with Gasteiger partial charge in [0.15, 0.2) is 0 Å². The predicted molar refractivity (Wildman–Crippen MR) is 78.0 cm³/mol. The standard InChI is InChI=1S/C15H22F2N2O2/c1-3-5-6-11(4-2)9-18-10-12-7-15(19(20)21)14(17)8-13(12)16/h7-8,11,18H,3-6,9-10H2,1-2H3. The van der Waals surface area contributed by atoms with Gasteiger partial charge in [0.2, 0.25) is 5.82 Å². The summed E-state index contributed by atoms with van der Waals surface area (Å²) in [6.45, 7) is 5.12. The van der Waals surface area contributed by atoms with Gasteiger partial charge in [0.25, 0.3) is 0 Å². The number of nitrogens with zero attached hydrogens (tertiary/aromatic N) is 1. The molecule has 0 aromatic heterocycles. The second-order valence-corrected chi connectivity index (χ2v) is 5.20. The van der Waals surface area contributed by atoms with Gasteiger partial charge in [-0.3, -0.25) is 10.1 Å².